The van der Waals surface area contributed by atoms with E-state index in [-0.39, 0.29) is 12.5 Å². The number of carbonyl (C=O) groups is 1. The second-order valence-electron chi connectivity index (χ2n) is 6.61. The molecule has 0 atom stereocenters. The standard InChI is InChI=1S/C20H21N5O2/c1-27-18-11-7-15(8-12-18)13-24(17-9-10-17)19(26)14-25-22-20(21-23-25)16-5-3-2-4-6-16/h2-8,11-12,17H,9-10,13-14H2,1H3. The number of amides is 1. The lowest BCUT2D eigenvalue weighted by Gasteiger charge is -2.22. The largest absolute Gasteiger partial charge is 0.497 e. The Balaban J connectivity index is 1.44. The molecule has 0 N–H and O–H groups in total. The van der Waals surface area contributed by atoms with E-state index in [1.54, 1.807) is 7.11 Å². The topological polar surface area (TPSA) is 73.1 Å². The van der Waals surface area contributed by atoms with Gasteiger partial charge in [0.15, 0.2) is 0 Å². The minimum Gasteiger partial charge on any atom is -0.497 e. The van der Waals surface area contributed by atoms with Crippen LogP contribution in [0.2, 0.25) is 0 Å². The predicted octanol–water partition coefficient (Wildman–Crippen LogP) is 2.54. The molecule has 0 unspecified atom stereocenters. The second kappa shape index (κ2) is 7.57. The average Bonchev–Trinajstić information content (AvgIpc) is 3.45. The zero-order valence-electron chi connectivity index (χ0n) is 15.2. The van der Waals surface area contributed by atoms with E-state index in [9.17, 15) is 4.79 Å². The highest BCUT2D eigenvalue weighted by Gasteiger charge is 2.32. The maximum absolute atomic E-state index is 12.8. The third-order valence-electron chi connectivity index (χ3n) is 4.58. The van der Waals surface area contributed by atoms with E-state index < -0.39 is 0 Å². The summed E-state index contributed by atoms with van der Waals surface area (Å²) in [6.07, 6.45) is 2.09. The van der Waals surface area contributed by atoms with Gasteiger partial charge in [0.25, 0.3) is 0 Å². The summed E-state index contributed by atoms with van der Waals surface area (Å²) in [6, 6.07) is 17.7. The maximum Gasteiger partial charge on any atom is 0.246 e. The van der Waals surface area contributed by atoms with Crippen molar-refractivity contribution in [2.75, 3.05) is 7.11 Å². The molecule has 1 heterocycles. The lowest BCUT2D eigenvalue weighted by atomic mass is 10.2. The van der Waals surface area contributed by atoms with Crippen LogP contribution in [-0.2, 0) is 17.9 Å². The van der Waals surface area contributed by atoms with Crippen LogP contribution in [0.1, 0.15) is 18.4 Å². The number of hydrogen-bond donors (Lipinski definition) is 0. The Bertz CT molecular complexity index is 904. The summed E-state index contributed by atoms with van der Waals surface area (Å²) in [5, 5.41) is 12.4. The average molecular weight is 363 g/mol. The number of carbonyl (C=O) groups excluding carboxylic acids is 1. The van der Waals surface area contributed by atoms with E-state index in [4.69, 9.17) is 4.74 Å². The van der Waals surface area contributed by atoms with Crippen LogP contribution in [0.15, 0.2) is 54.6 Å². The minimum absolute atomic E-state index is 0.00493. The normalized spacial score (nSPS) is 13.4. The van der Waals surface area contributed by atoms with Gasteiger partial charge in [-0.3, -0.25) is 4.79 Å². The van der Waals surface area contributed by atoms with Crippen LogP contribution in [0.4, 0.5) is 0 Å². The van der Waals surface area contributed by atoms with E-state index in [1.165, 1.54) is 4.80 Å². The highest BCUT2D eigenvalue weighted by Crippen LogP contribution is 2.29. The van der Waals surface area contributed by atoms with E-state index >= 15 is 0 Å². The van der Waals surface area contributed by atoms with Crippen molar-refractivity contribution < 1.29 is 9.53 Å². The Kier molecular flexibility index (Phi) is 4.82. The van der Waals surface area contributed by atoms with Gasteiger partial charge in [0, 0.05) is 18.2 Å². The van der Waals surface area contributed by atoms with Crippen molar-refractivity contribution in [2.24, 2.45) is 0 Å². The first-order chi connectivity index (χ1) is 13.2. The van der Waals surface area contributed by atoms with Gasteiger partial charge in [-0.15, -0.1) is 10.2 Å². The smallest absolute Gasteiger partial charge is 0.246 e. The van der Waals surface area contributed by atoms with Gasteiger partial charge >= 0.3 is 0 Å². The van der Waals surface area contributed by atoms with Gasteiger partial charge in [-0.25, -0.2) is 0 Å². The Labute approximate surface area is 157 Å². The molecule has 7 heteroatoms. The summed E-state index contributed by atoms with van der Waals surface area (Å²) in [5.74, 6) is 1.34. The van der Waals surface area contributed by atoms with E-state index in [2.05, 4.69) is 15.4 Å². The van der Waals surface area contributed by atoms with Gasteiger partial charge in [0.05, 0.1) is 7.11 Å². The van der Waals surface area contributed by atoms with Crippen molar-refractivity contribution in [1.29, 1.82) is 0 Å². The molecule has 0 saturated heterocycles. The van der Waals surface area contributed by atoms with Crippen molar-refractivity contribution in [2.45, 2.75) is 32.0 Å². The van der Waals surface area contributed by atoms with Gasteiger partial charge in [-0.2, -0.15) is 4.80 Å². The first kappa shape index (κ1) is 17.2. The first-order valence-electron chi connectivity index (χ1n) is 8.98. The molecule has 7 nitrogen and oxygen atoms in total. The van der Waals surface area contributed by atoms with Crippen molar-refractivity contribution in [3.63, 3.8) is 0 Å². The van der Waals surface area contributed by atoms with Crippen molar-refractivity contribution in [3.05, 3.63) is 60.2 Å². The van der Waals surface area contributed by atoms with Gasteiger partial charge < -0.3 is 9.64 Å². The molecule has 27 heavy (non-hydrogen) atoms. The number of benzene rings is 2. The molecule has 2 aromatic carbocycles. The maximum atomic E-state index is 12.8. The molecule has 138 valence electrons. The molecule has 1 aromatic heterocycles. The van der Waals surface area contributed by atoms with Crippen molar-refractivity contribution >= 4 is 5.91 Å². The summed E-state index contributed by atoms with van der Waals surface area (Å²) in [5.41, 5.74) is 1.96. The SMILES string of the molecule is COc1ccc(CN(C(=O)Cn2nnc(-c3ccccc3)n2)C2CC2)cc1. The number of tetrazole rings is 1. The molecule has 0 radical (unpaired) electrons. The van der Waals surface area contributed by atoms with Gasteiger partial charge in [0.2, 0.25) is 11.7 Å². The number of hydrogen-bond acceptors (Lipinski definition) is 5. The van der Waals surface area contributed by atoms with Crippen LogP contribution in [0.25, 0.3) is 11.4 Å². The van der Waals surface area contributed by atoms with Crippen LogP contribution in [0.3, 0.4) is 0 Å². The zero-order chi connectivity index (χ0) is 18.6. The lowest BCUT2D eigenvalue weighted by Crippen LogP contribution is -2.35. The quantitative estimate of drug-likeness (QED) is 0.645. The van der Waals surface area contributed by atoms with E-state index in [0.717, 1.165) is 29.7 Å². The molecule has 0 aliphatic heterocycles. The molecular formula is C20H21N5O2. The molecule has 1 fully saturated rings. The zero-order valence-corrected chi connectivity index (χ0v) is 15.2. The van der Waals surface area contributed by atoms with Crippen LogP contribution in [-0.4, -0.2) is 44.2 Å². The third-order valence-corrected chi connectivity index (χ3v) is 4.58. The molecule has 1 saturated carbocycles. The molecule has 1 aliphatic carbocycles. The number of methoxy groups -OCH3 is 1. The summed E-state index contributed by atoms with van der Waals surface area (Å²) in [7, 11) is 1.64. The van der Waals surface area contributed by atoms with Crippen molar-refractivity contribution in [1.82, 2.24) is 25.1 Å². The van der Waals surface area contributed by atoms with Crippen LogP contribution in [0.5, 0.6) is 5.75 Å². The van der Waals surface area contributed by atoms with Gasteiger partial charge in [-0.05, 0) is 35.8 Å². The summed E-state index contributed by atoms with van der Waals surface area (Å²) < 4.78 is 5.19. The van der Waals surface area contributed by atoms with Gasteiger partial charge in [-0.1, -0.05) is 42.5 Å². The number of nitrogens with zero attached hydrogens (tertiary/aromatic N) is 5. The monoisotopic (exact) mass is 363 g/mol. The molecule has 0 spiro atoms. The number of aromatic nitrogens is 4. The van der Waals surface area contributed by atoms with E-state index in [1.807, 2.05) is 59.5 Å². The second-order valence-corrected chi connectivity index (χ2v) is 6.61. The fraction of sp³-hybridized carbons (Fsp3) is 0.300. The summed E-state index contributed by atoms with van der Waals surface area (Å²) >= 11 is 0. The van der Waals surface area contributed by atoms with Crippen LogP contribution in [0, 0.1) is 0 Å². The molecular weight excluding hydrogens is 342 g/mol. The molecule has 4 rings (SSSR count). The fourth-order valence-corrected chi connectivity index (χ4v) is 2.96. The lowest BCUT2D eigenvalue weighted by molar-refractivity contribution is -0.133. The Morgan fingerprint density at radius 3 is 2.56 bits per heavy atom. The fourth-order valence-electron chi connectivity index (χ4n) is 2.96. The molecule has 1 aliphatic rings. The Morgan fingerprint density at radius 2 is 1.89 bits per heavy atom. The number of rotatable bonds is 7. The van der Waals surface area contributed by atoms with Gasteiger partial charge in [0.1, 0.15) is 12.3 Å². The van der Waals surface area contributed by atoms with Crippen LogP contribution < -0.4 is 4.74 Å². The molecule has 1 amide bonds. The third kappa shape index (κ3) is 4.13. The molecule has 0 bridgehead atoms. The first-order valence-corrected chi connectivity index (χ1v) is 8.98. The van der Waals surface area contributed by atoms with E-state index in [0.29, 0.717) is 18.4 Å². The highest BCUT2D eigenvalue weighted by atomic mass is 16.5. The Hall–Kier alpha value is -3.22. The Morgan fingerprint density at radius 1 is 1.15 bits per heavy atom. The predicted molar refractivity (Wildman–Crippen MR) is 99.8 cm³/mol. The number of ether oxygens (including phenoxy) is 1. The summed E-state index contributed by atoms with van der Waals surface area (Å²) in [6.45, 7) is 0.667. The minimum atomic E-state index is 0.00493. The summed E-state index contributed by atoms with van der Waals surface area (Å²) in [4.78, 5) is 16.1. The molecule has 3 aromatic rings. The van der Waals surface area contributed by atoms with Crippen molar-refractivity contribution in [3.8, 4) is 17.1 Å². The highest BCUT2D eigenvalue weighted by molar-refractivity contribution is 5.76. The van der Waals surface area contributed by atoms with Crippen LogP contribution >= 0.6 is 0 Å².